The van der Waals surface area contributed by atoms with E-state index in [9.17, 15) is 9.59 Å². The predicted molar refractivity (Wildman–Crippen MR) is 78.3 cm³/mol. The van der Waals surface area contributed by atoms with E-state index in [0.29, 0.717) is 0 Å². The van der Waals surface area contributed by atoms with E-state index in [0.717, 1.165) is 18.4 Å². The number of hydrogen-bond acceptors (Lipinski definition) is 3. The van der Waals surface area contributed by atoms with Gasteiger partial charge in [0.1, 0.15) is 0 Å². The van der Waals surface area contributed by atoms with Crippen molar-refractivity contribution in [3.63, 3.8) is 0 Å². The van der Waals surface area contributed by atoms with E-state index < -0.39 is 16.6 Å². The standard InChI is InChI=1S/C15H23ClO3/c1-11(2)7-6-8-12(3)9-10-15(16,13(4)17)14(18)19-5/h7,9H,6,8,10H2,1-5H3/b12-9+. The molecule has 0 aliphatic heterocycles. The van der Waals surface area contributed by atoms with Crippen LogP contribution in [0, 0.1) is 0 Å². The third kappa shape index (κ3) is 6.06. The molecule has 0 bridgehead atoms. The van der Waals surface area contributed by atoms with Crippen LogP contribution in [0.15, 0.2) is 23.3 Å². The van der Waals surface area contributed by atoms with Gasteiger partial charge in [0.15, 0.2) is 5.78 Å². The first-order chi connectivity index (χ1) is 8.74. The minimum absolute atomic E-state index is 0.164. The second kappa shape index (κ2) is 8.16. The molecule has 0 amide bonds. The van der Waals surface area contributed by atoms with Gasteiger partial charge in [-0.25, -0.2) is 4.79 Å². The van der Waals surface area contributed by atoms with Gasteiger partial charge in [0.25, 0.3) is 0 Å². The average Bonchev–Trinajstić information content (AvgIpc) is 2.34. The fourth-order valence-corrected chi connectivity index (χ4v) is 1.69. The number of halogens is 1. The molecule has 0 saturated carbocycles. The number of hydrogen-bond donors (Lipinski definition) is 0. The average molecular weight is 287 g/mol. The molecule has 19 heavy (non-hydrogen) atoms. The van der Waals surface area contributed by atoms with Crippen LogP contribution < -0.4 is 0 Å². The maximum atomic E-state index is 11.6. The number of ketones is 1. The van der Waals surface area contributed by atoms with Crippen LogP contribution in [0.5, 0.6) is 0 Å². The molecule has 108 valence electrons. The Morgan fingerprint density at radius 2 is 1.74 bits per heavy atom. The molecular formula is C15H23ClO3. The highest BCUT2D eigenvalue weighted by molar-refractivity contribution is 6.45. The van der Waals surface area contributed by atoms with E-state index in [1.165, 1.54) is 19.6 Å². The number of alkyl halides is 1. The van der Waals surface area contributed by atoms with Gasteiger partial charge in [0, 0.05) is 6.42 Å². The van der Waals surface area contributed by atoms with Crippen LogP contribution in [-0.2, 0) is 14.3 Å². The van der Waals surface area contributed by atoms with Crippen molar-refractivity contribution >= 4 is 23.4 Å². The van der Waals surface area contributed by atoms with Crippen LogP contribution in [0.25, 0.3) is 0 Å². The summed E-state index contributed by atoms with van der Waals surface area (Å²) in [6.07, 6.45) is 5.98. The molecule has 0 N–H and O–H groups in total. The molecule has 0 heterocycles. The van der Waals surface area contributed by atoms with E-state index >= 15 is 0 Å². The van der Waals surface area contributed by atoms with Crippen LogP contribution >= 0.6 is 11.6 Å². The van der Waals surface area contributed by atoms with E-state index in [4.69, 9.17) is 11.6 Å². The van der Waals surface area contributed by atoms with Crippen molar-refractivity contribution in [1.29, 1.82) is 0 Å². The van der Waals surface area contributed by atoms with Gasteiger partial charge in [0.05, 0.1) is 7.11 Å². The number of carbonyl (C=O) groups is 2. The van der Waals surface area contributed by atoms with Gasteiger partial charge in [-0.1, -0.05) is 34.9 Å². The highest BCUT2D eigenvalue weighted by Crippen LogP contribution is 2.25. The smallest absolute Gasteiger partial charge is 0.334 e. The van der Waals surface area contributed by atoms with Gasteiger partial charge in [-0.3, -0.25) is 4.79 Å². The fraction of sp³-hybridized carbons (Fsp3) is 0.600. The predicted octanol–water partition coefficient (Wildman–Crippen LogP) is 3.81. The Labute approximate surface area is 120 Å². The molecule has 3 nitrogen and oxygen atoms in total. The normalized spacial score (nSPS) is 14.5. The highest BCUT2D eigenvalue weighted by atomic mass is 35.5. The second-order valence-corrected chi connectivity index (χ2v) is 5.57. The van der Waals surface area contributed by atoms with Crippen molar-refractivity contribution in [2.75, 3.05) is 7.11 Å². The van der Waals surface area contributed by atoms with Crippen LogP contribution in [-0.4, -0.2) is 23.7 Å². The third-order valence-electron chi connectivity index (χ3n) is 2.89. The molecule has 0 aromatic carbocycles. The number of rotatable bonds is 7. The lowest BCUT2D eigenvalue weighted by molar-refractivity contribution is -0.146. The zero-order valence-electron chi connectivity index (χ0n) is 12.4. The van der Waals surface area contributed by atoms with Gasteiger partial charge in [-0.15, -0.1) is 0 Å². The lowest BCUT2D eigenvalue weighted by atomic mass is 9.97. The molecule has 0 rings (SSSR count). The zero-order valence-corrected chi connectivity index (χ0v) is 13.1. The first-order valence-electron chi connectivity index (χ1n) is 6.31. The summed E-state index contributed by atoms with van der Waals surface area (Å²) in [5, 5.41) is 0. The molecular weight excluding hydrogens is 264 g/mol. The van der Waals surface area contributed by atoms with Crippen LogP contribution in [0.2, 0.25) is 0 Å². The van der Waals surface area contributed by atoms with Gasteiger partial charge in [-0.2, -0.15) is 0 Å². The Bertz CT molecular complexity index is 392. The molecule has 0 aromatic heterocycles. The summed E-state index contributed by atoms with van der Waals surface area (Å²) < 4.78 is 4.59. The Hall–Kier alpha value is -1.09. The van der Waals surface area contributed by atoms with Gasteiger partial charge >= 0.3 is 5.97 Å². The molecule has 4 heteroatoms. The Kier molecular flexibility index (Phi) is 7.69. The quantitative estimate of drug-likeness (QED) is 0.309. The summed E-state index contributed by atoms with van der Waals surface area (Å²) in [4.78, 5) is 21.5. The van der Waals surface area contributed by atoms with Crippen molar-refractivity contribution in [3.8, 4) is 0 Å². The largest absolute Gasteiger partial charge is 0.467 e. The summed E-state index contributed by atoms with van der Waals surface area (Å²) >= 11 is 6.07. The van der Waals surface area contributed by atoms with Crippen LogP contribution in [0.4, 0.5) is 0 Å². The van der Waals surface area contributed by atoms with E-state index in [2.05, 4.69) is 24.7 Å². The van der Waals surface area contributed by atoms with Gasteiger partial charge < -0.3 is 4.74 Å². The summed E-state index contributed by atoms with van der Waals surface area (Å²) in [6, 6.07) is 0. The lowest BCUT2D eigenvalue weighted by Gasteiger charge is -2.19. The number of Topliss-reactive ketones (excluding diaryl/α,β-unsaturated/α-hetero) is 1. The third-order valence-corrected chi connectivity index (χ3v) is 3.46. The molecule has 0 aliphatic rings. The molecule has 0 spiro atoms. The number of esters is 1. The molecule has 1 atom stereocenters. The first kappa shape index (κ1) is 17.9. The Morgan fingerprint density at radius 3 is 2.16 bits per heavy atom. The summed E-state index contributed by atoms with van der Waals surface area (Å²) in [7, 11) is 1.23. The van der Waals surface area contributed by atoms with Gasteiger partial charge in [-0.05, 0) is 40.5 Å². The minimum Gasteiger partial charge on any atom is -0.467 e. The molecule has 0 aromatic rings. The van der Waals surface area contributed by atoms with E-state index in [-0.39, 0.29) is 6.42 Å². The maximum absolute atomic E-state index is 11.6. The van der Waals surface area contributed by atoms with Crippen molar-refractivity contribution < 1.29 is 14.3 Å². The van der Waals surface area contributed by atoms with Crippen LogP contribution in [0.1, 0.15) is 47.0 Å². The summed E-state index contributed by atoms with van der Waals surface area (Å²) in [5.41, 5.74) is 2.38. The number of allylic oxidation sites excluding steroid dienone is 4. The topological polar surface area (TPSA) is 43.4 Å². The summed E-state index contributed by atoms with van der Waals surface area (Å²) in [5.74, 6) is -1.09. The maximum Gasteiger partial charge on any atom is 0.334 e. The lowest BCUT2D eigenvalue weighted by Crippen LogP contribution is -2.40. The zero-order chi connectivity index (χ0) is 15.1. The monoisotopic (exact) mass is 286 g/mol. The minimum atomic E-state index is -1.59. The fourth-order valence-electron chi connectivity index (χ4n) is 1.54. The van der Waals surface area contributed by atoms with E-state index in [1.807, 2.05) is 13.0 Å². The number of methoxy groups -OCH3 is 1. The van der Waals surface area contributed by atoms with E-state index in [1.54, 1.807) is 0 Å². The van der Waals surface area contributed by atoms with Crippen molar-refractivity contribution in [2.45, 2.75) is 51.8 Å². The Balaban J connectivity index is 4.67. The van der Waals surface area contributed by atoms with Crippen molar-refractivity contribution in [3.05, 3.63) is 23.3 Å². The number of ether oxygens (including phenoxy) is 1. The SMILES string of the molecule is COC(=O)C(Cl)(C/C=C(\C)CCC=C(C)C)C(C)=O. The molecule has 0 radical (unpaired) electrons. The summed E-state index contributed by atoms with van der Waals surface area (Å²) in [6.45, 7) is 7.37. The van der Waals surface area contributed by atoms with Crippen LogP contribution in [0.3, 0.4) is 0 Å². The first-order valence-corrected chi connectivity index (χ1v) is 6.69. The Morgan fingerprint density at radius 1 is 1.16 bits per heavy atom. The number of carbonyl (C=O) groups excluding carboxylic acids is 2. The molecule has 0 fully saturated rings. The second-order valence-electron chi connectivity index (χ2n) is 4.92. The molecule has 0 saturated heterocycles. The van der Waals surface area contributed by atoms with Gasteiger partial charge in [0.2, 0.25) is 4.87 Å². The highest BCUT2D eigenvalue weighted by Gasteiger charge is 2.41. The van der Waals surface area contributed by atoms with Crippen molar-refractivity contribution in [2.24, 2.45) is 0 Å². The molecule has 0 aliphatic carbocycles. The molecule has 1 unspecified atom stereocenters. The van der Waals surface area contributed by atoms with Crippen molar-refractivity contribution in [1.82, 2.24) is 0 Å².